The third-order valence-corrected chi connectivity index (χ3v) is 3.45. The first-order valence-electron chi connectivity index (χ1n) is 6.96. The fourth-order valence-electron chi connectivity index (χ4n) is 2.41. The summed E-state index contributed by atoms with van der Waals surface area (Å²) in [6.07, 6.45) is 2.36. The highest BCUT2D eigenvalue weighted by molar-refractivity contribution is 5.84. The van der Waals surface area contributed by atoms with Crippen LogP contribution in [0.1, 0.15) is 24.1 Å². The predicted molar refractivity (Wildman–Crippen MR) is 78.4 cm³/mol. The number of nitrogens with two attached hydrogens (primary N) is 2. The van der Waals surface area contributed by atoms with E-state index in [0.717, 1.165) is 11.3 Å². The summed E-state index contributed by atoms with van der Waals surface area (Å²) in [6.45, 7) is 2.41. The third kappa shape index (κ3) is 3.94. The number of nitrogens with zero attached hydrogens (tertiary/aromatic N) is 3. The van der Waals surface area contributed by atoms with E-state index in [0.29, 0.717) is 18.4 Å². The Morgan fingerprint density at radius 3 is 2.38 bits per heavy atom. The topological polar surface area (TPSA) is 119 Å². The molecule has 1 aliphatic carbocycles. The molecule has 2 rings (SSSR count). The van der Waals surface area contributed by atoms with Crippen LogP contribution in [0.2, 0.25) is 0 Å². The average molecular weight is 294 g/mol. The molecule has 1 saturated carbocycles. The summed E-state index contributed by atoms with van der Waals surface area (Å²) in [5.74, 6) is -0.328. The SMILES string of the molecule is Cc1nn(C)c(N(CC(N)=O)CC(N)=O)c1CNC1CC1. The van der Waals surface area contributed by atoms with Gasteiger partial charge in [0.05, 0.1) is 18.8 Å². The number of hydrogen-bond donors (Lipinski definition) is 3. The van der Waals surface area contributed by atoms with Crippen molar-refractivity contribution in [2.75, 3.05) is 18.0 Å². The number of aromatic nitrogens is 2. The molecule has 0 aromatic carbocycles. The molecule has 1 fully saturated rings. The van der Waals surface area contributed by atoms with Gasteiger partial charge in [0.15, 0.2) is 0 Å². The van der Waals surface area contributed by atoms with Crippen molar-refractivity contribution in [1.82, 2.24) is 15.1 Å². The Balaban J connectivity index is 2.27. The molecule has 0 aliphatic heterocycles. The van der Waals surface area contributed by atoms with E-state index in [1.807, 2.05) is 6.92 Å². The quantitative estimate of drug-likeness (QED) is 0.554. The van der Waals surface area contributed by atoms with Gasteiger partial charge in [-0.15, -0.1) is 0 Å². The van der Waals surface area contributed by atoms with E-state index >= 15 is 0 Å². The zero-order chi connectivity index (χ0) is 15.6. The molecule has 116 valence electrons. The van der Waals surface area contributed by atoms with E-state index < -0.39 is 11.8 Å². The first-order valence-corrected chi connectivity index (χ1v) is 6.96. The first kappa shape index (κ1) is 15.3. The largest absolute Gasteiger partial charge is 0.368 e. The Bertz CT molecular complexity index is 533. The monoisotopic (exact) mass is 294 g/mol. The number of primary amides is 2. The number of amides is 2. The number of rotatable bonds is 8. The van der Waals surface area contributed by atoms with Crippen LogP contribution in [0.15, 0.2) is 0 Å². The lowest BCUT2D eigenvalue weighted by molar-refractivity contribution is -0.117. The van der Waals surface area contributed by atoms with Gasteiger partial charge in [-0.05, 0) is 19.8 Å². The minimum atomic E-state index is -0.517. The van der Waals surface area contributed by atoms with Crippen LogP contribution in [0, 0.1) is 6.92 Å². The zero-order valence-electron chi connectivity index (χ0n) is 12.4. The van der Waals surface area contributed by atoms with Crippen molar-refractivity contribution in [2.45, 2.75) is 32.4 Å². The normalized spacial score (nSPS) is 14.2. The molecule has 21 heavy (non-hydrogen) atoms. The van der Waals surface area contributed by atoms with Crippen LogP contribution >= 0.6 is 0 Å². The molecule has 1 aromatic rings. The van der Waals surface area contributed by atoms with Crippen LogP contribution in [0.5, 0.6) is 0 Å². The molecule has 5 N–H and O–H groups in total. The zero-order valence-corrected chi connectivity index (χ0v) is 12.4. The fraction of sp³-hybridized carbons (Fsp3) is 0.615. The van der Waals surface area contributed by atoms with Crippen LogP contribution in [0.25, 0.3) is 0 Å². The van der Waals surface area contributed by atoms with E-state index in [1.165, 1.54) is 12.8 Å². The Labute approximate surface area is 123 Å². The molecule has 8 nitrogen and oxygen atoms in total. The Morgan fingerprint density at radius 2 is 1.90 bits per heavy atom. The van der Waals surface area contributed by atoms with Gasteiger partial charge in [0, 0.05) is 25.2 Å². The molecule has 2 amide bonds. The second kappa shape index (κ2) is 6.13. The summed E-state index contributed by atoms with van der Waals surface area (Å²) in [5.41, 5.74) is 12.4. The van der Waals surface area contributed by atoms with E-state index in [1.54, 1.807) is 16.6 Å². The molecule has 0 unspecified atom stereocenters. The number of nitrogens with one attached hydrogen (secondary N) is 1. The van der Waals surface area contributed by atoms with Crippen molar-refractivity contribution < 1.29 is 9.59 Å². The number of hydrogen-bond acceptors (Lipinski definition) is 5. The van der Waals surface area contributed by atoms with Crippen LogP contribution < -0.4 is 21.7 Å². The molecule has 0 atom stereocenters. The lowest BCUT2D eigenvalue weighted by atomic mass is 10.2. The molecular formula is C13H22N6O2. The van der Waals surface area contributed by atoms with E-state index in [4.69, 9.17) is 11.5 Å². The van der Waals surface area contributed by atoms with E-state index in [2.05, 4.69) is 10.4 Å². The van der Waals surface area contributed by atoms with Crippen LogP contribution in [0.4, 0.5) is 5.82 Å². The van der Waals surface area contributed by atoms with Gasteiger partial charge in [-0.2, -0.15) is 5.10 Å². The molecular weight excluding hydrogens is 272 g/mol. The maximum Gasteiger partial charge on any atom is 0.237 e. The van der Waals surface area contributed by atoms with Crippen molar-refractivity contribution in [3.63, 3.8) is 0 Å². The third-order valence-electron chi connectivity index (χ3n) is 3.45. The summed E-state index contributed by atoms with van der Waals surface area (Å²) in [5, 5.41) is 7.79. The summed E-state index contributed by atoms with van der Waals surface area (Å²) >= 11 is 0. The second-order valence-corrected chi connectivity index (χ2v) is 5.46. The summed E-state index contributed by atoms with van der Waals surface area (Å²) < 4.78 is 1.66. The van der Waals surface area contributed by atoms with Gasteiger partial charge in [0.25, 0.3) is 0 Å². The molecule has 0 radical (unpaired) electrons. The van der Waals surface area contributed by atoms with Crippen molar-refractivity contribution in [2.24, 2.45) is 18.5 Å². The highest BCUT2D eigenvalue weighted by Gasteiger charge is 2.25. The molecule has 0 spiro atoms. The summed E-state index contributed by atoms with van der Waals surface area (Å²) in [6, 6.07) is 0.554. The van der Waals surface area contributed by atoms with Crippen molar-refractivity contribution in [1.29, 1.82) is 0 Å². The molecule has 1 aliphatic rings. The maximum atomic E-state index is 11.3. The Kier molecular flexibility index (Phi) is 4.46. The van der Waals surface area contributed by atoms with Gasteiger partial charge < -0.3 is 21.7 Å². The van der Waals surface area contributed by atoms with Crippen LogP contribution in [-0.2, 0) is 23.2 Å². The predicted octanol–water partition coefficient (Wildman–Crippen LogP) is -1.24. The standard InChI is InChI=1S/C13H22N6O2/c1-8-10(5-16-9-3-4-9)13(18(2)17-8)19(6-11(14)20)7-12(15)21/h9,16H,3-7H2,1-2H3,(H2,14,20)(H2,15,21). The molecule has 0 bridgehead atoms. The summed E-state index contributed by atoms with van der Waals surface area (Å²) in [7, 11) is 1.78. The molecule has 8 heteroatoms. The van der Waals surface area contributed by atoms with Crippen LogP contribution in [0.3, 0.4) is 0 Å². The molecule has 1 heterocycles. The van der Waals surface area contributed by atoms with Gasteiger partial charge in [0.1, 0.15) is 5.82 Å². The molecule has 1 aromatic heterocycles. The first-order chi connectivity index (χ1) is 9.88. The highest BCUT2D eigenvalue weighted by atomic mass is 16.2. The van der Waals surface area contributed by atoms with Crippen molar-refractivity contribution in [3.05, 3.63) is 11.3 Å². The van der Waals surface area contributed by atoms with Gasteiger partial charge in [0.2, 0.25) is 11.8 Å². The fourth-order valence-corrected chi connectivity index (χ4v) is 2.41. The minimum Gasteiger partial charge on any atom is -0.368 e. The number of carbonyl (C=O) groups is 2. The smallest absolute Gasteiger partial charge is 0.237 e. The Hall–Kier alpha value is -2.09. The second-order valence-electron chi connectivity index (χ2n) is 5.46. The number of anilines is 1. The summed E-state index contributed by atoms with van der Waals surface area (Å²) in [4.78, 5) is 24.1. The van der Waals surface area contributed by atoms with Gasteiger partial charge in [-0.1, -0.05) is 0 Å². The lowest BCUT2D eigenvalue weighted by Crippen LogP contribution is -2.41. The van der Waals surface area contributed by atoms with Gasteiger partial charge >= 0.3 is 0 Å². The van der Waals surface area contributed by atoms with Crippen molar-refractivity contribution >= 4 is 17.6 Å². The van der Waals surface area contributed by atoms with E-state index in [9.17, 15) is 9.59 Å². The Morgan fingerprint density at radius 1 is 1.33 bits per heavy atom. The minimum absolute atomic E-state index is 0.0711. The van der Waals surface area contributed by atoms with E-state index in [-0.39, 0.29) is 13.1 Å². The maximum absolute atomic E-state index is 11.3. The van der Waals surface area contributed by atoms with Crippen LogP contribution in [-0.4, -0.2) is 40.7 Å². The van der Waals surface area contributed by atoms with Gasteiger partial charge in [-0.25, -0.2) is 0 Å². The highest BCUT2D eigenvalue weighted by Crippen LogP contribution is 2.25. The number of aryl methyl sites for hydroxylation is 2. The van der Waals surface area contributed by atoms with Crippen molar-refractivity contribution in [3.8, 4) is 0 Å². The lowest BCUT2D eigenvalue weighted by Gasteiger charge is -2.23. The number of carbonyl (C=O) groups excluding carboxylic acids is 2. The average Bonchev–Trinajstić information content (AvgIpc) is 3.11. The van der Waals surface area contributed by atoms with Gasteiger partial charge in [-0.3, -0.25) is 14.3 Å². The molecule has 0 saturated heterocycles.